The van der Waals surface area contributed by atoms with Gasteiger partial charge in [-0.2, -0.15) is 0 Å². The lowest BCUT2D eigenvalue weighted by molar-refractivity contribution is -0.132. The molecular weight excluding hydrogens is 412 g/mol. The predicted octanol–water partition coefficient (Wildman–Crippen LogP) is 4.01. The van der Waals surface area contributed by atoms with Crippen LogP contribution in [-0.2, 0) is 16.1 Å². The van der Waals surface area contributed by atoms with Crippen LogP contribution in [0.3, 0.4) is 0 Å². The smallest absolute Gasteiger partial charge is 0.242 e. The minimum atomic E-state index is -0.138. The van der Waals surface area contributed by atoms with Gasteiger partial charge in [0.05, 0.1) is 12.3 Å². The van der Waals surface area contributed by atoms with Gasteiger partial charge in [-0.3, -0.25) is 9.59 Å². The Morgan fingerprint density at radius 3 is 2.54 bits per heavy atom. The highest BCUT2D eigenvalue weighted by Crippen LogP contribution is 2.25. The summed E-state index contributed by atoms with van der Waals surface area (Å²) in [4.78, 5) is 27.2. The molecule has 0 aromatic heterocycles. The number of amides is 2. The van der Waals surface area contributed by atoms with Crippen molar-refractivity contribution in [2.75, 3.05) is 18.8 Å². The number of carbonyl (C=O) groups excluding carboxylic acids is 2. The standard InChI is InChI=1S/C20H23BrN2O2S/c1-3-23(13-16-7-5-4-6-8-16)20(25)12-22-19(24)14-26-18-10-9-17(21)11-15(18)2/h4-11H,3,12-14H2,1-2H3,(H,22,24). The number of nitrogens with zero attached hydrogens (tertiary/aromatic N) is 1. The zero-order valence-corrected chi connectivity index (χ0v) is 17.4. The van der Waals surface area contributed by atoms with Crippen LogP contribution in [-0.4, -0.2) is 35.6 Å². The monoisotopic (exact) mass is 434 g/mol. The van der Waals surface area contributed by atoms with Gasteiger partial charge in [-0.1, -0.05) is 46.3 Å². The van der Waals surface area contributed by atoms with Gasteiger partial charge in [-0.15, -0.1) is 11.8 Å². The number of likely N-dealkylation sites (N-methyl/N-ethyl adjacent to an activating group) is 1. The number of hydrogen-bond acceptors (Lipinski definition) is 3. The molecule has 26 heavy (non-hydrogen) atoms. The van der Waals surface area contributed by atoms with Crippen LogP contribution < -0.4 is 5.32 Å². The summed E-state index contributed by atoms with van der Waals surface area (Å²) in [6.07, 6.45) is 0. The molecule has 0 saturated heterocycles. The van der Waals surface area contributed by atoms with E-state index in [1.165, 1.54) is 11.8 Å². The third kappa shape index (κ3) is 6.50. The van der Waals surface area contributed by atoms with Gasteiger partial charge in [0.2, 0.25) is 11.8 Å². The minimum absolute atomic E-state index is 0.0272. The molecule has 0 aliphatic heterocycles. The normalized spacial score (nSPS) is 10.4. The number of carbonyl (C=O) groups is 2. The Hall–Kier alpha value is -1.79. The van der Waals surface area contributed by atoms with Gasteiger partial charge in [-0.25, -0.2) is 0 Å². The topological polar surface area (TPSA) is 49.4 Å². The summed E-state index contributed by atoms with van der Waals surface area (Å²) >= 11 is 4.90. The van der Waals surface area contributed by atoms with E-state index < -0.39 is 0 Å². The van der Waals surface area contributed by atoms with E-state index in [1.807, 2.05) is 62.4 Å². The first-order chi connectivity index (χ1) is 12.5. The van der Waals surface area contributed by atoms with Crippen LogP contribution in [0.15, 0.2) is 57.9 Å². The average Bonchev–Trinajstić information content (AvgIpc) is 2.64. The Morgan fingerprint density at radius 2 is 1.88 bits per heavy atom. The first-order valence-electron chi connectivity index (χ1n) is 8.47. The van der Waals surface area contributed by atoms with Crippen LogP contribution in [0.2, 0.25) is 0 Å². The molecule has 0 atom stereocenters. The van der Waals surface area contributed by atoms with Gasteiger partial charge < -0.3 is 10.2 Å². The second-order valence-electron chi connectivity index (χ2n) is 5.87. The van der Waals surface area contributed by atoms with E-state index in [9.17, 15) is 9.59 Å². The molecule has 6 heteroatoms. The summed E-state index contributed by atoms with van der Waals surface area (Å²) in [5.74, 6) is 0.0801. The number of halogens is 1. The number of thioether (sulfide) groups is 1. The van der Waals surface area contributed by atoms with Gasteiger partial charge in [0.1, 0.15) is 0 Å². The SMILES string of the molecule is CCN(Cc1ccccc1)C(=O)CNC(=O)CSc1ccc(Br)cc1C. The van der Waals surface area contributed by atoms with Crippen molar-refractivity contribution in [3.63, 3.8) is 0 Å². The van der Waals surface area contributed by atoms with Crippen molar-refractivity contribution >= 4 is 39.5 Å². The van der Waals surface area contributed by atoms with Crippen molar-refractivity contribution in [1.82, 2.24) is 10.2 Å². The van der Waals surface area contributed by atoms with E-state index >= 15 is 0 Å². The van der Waals surface area contributed by atoms with Crippen LogP contribution >= 0.6 is 27.7 Å². The molecule has 2 amide bonds. The number of benzene rings is 2. The maximum absolute atomic E-state index is 12.3. The molecule has 2 rings (SSSR count). The van der Waals surface area contributed by atoms with Crippen molar-refractivity contribution in [2.24, 2.45) is 0 Å². The van der Waals surface area contributed by atoms with Crippen LogP contribution in [0, 0.1) is 6.92 Å². The zero-order chi connectivity index (χ0) is 18.9. The van der Waals surface area contributed by atoms with Crippen molar-refractivity contribution in [1.29, 1.82) is 0 Å². The Balaban J connectivity index is 1.79. The molecule has 0 aliphatic rings. The third-order valence-corrected chi connectivity index (χ3v) is 5.55. The second-order valence-corrected chi connectivity index (χ2v) is 7.80. The van der Waals surface area contributed by atoms with E-state index in [4.69, 9.17) is 0 Å². The molecule has 0 spiro atoms. The number of aryl methyl sites for hydroxylation is 1. The number of rotatable bonds is 8. The summed E-state index contributed by atoms with van der Waals surface area (Å²) in [6, 6.07) is 15.8. The summed E-state index contributed by atoms with van der Waals surface area (Å²) < 4.78 is 1.02. The highest BCUT2D eigenvalue weighted by Gasteiger charge is 2.13. The minimum Gasteiger partial charge on any atom is -0.346 e. The third-order valence-electron chi connectivity index (χ3n) is 3.88. The van der Waals surface area contributed by atoms with Gasteiger partial charge in [-0.05, 0) is 43.2 Å². The molecule has 0 bridgehead atoms. The van der Waals surface area contributed by atoms with Crippen LogP contribution in [0.5, 0.6) is 0 Å². The molecule has 138 valence electrons. The largest absolute Gasteiger partial charge is 0.346 e. The Bertz CT molecular complexity index is 753. The highest BCUT2D eigenvalue weighted by atomic mass is 79.9. The van der Waals surface area contributed by atoms with Gasteiger partial charge >= 0.3 is 0 Å². The molecule has 2 aromatic carbocycles. The van der Waals surface area contributed by atoms with Crippen LogP contribution in [0.1, 0.15) is 18.1 Å². The lowest BCUT2D eigenvalue weighted by Gasteiger charge is -2.21. The first kappa shape index (κ1) is 20.5. The Labute approximate surface area is 167 Å². The van der Waals surface area contributed by atoms with Crippen LogP contribution in [0.25, 0.3) is 0 Å². The second kappa shape index (κ2) is 10.4. The van der Waals surface area contributed by atoms with Crippen molar-refractivity contribution in [3.05, 3.63) is 64.1 Å². The fourth-order valence-electron chi connectivity index (χ4n) is 2.44. The van der Waals surface area contributed by atoms with Crippen molar-refractivity contribution < 1.29 is 9.59 Å². The Morgan fingerprint density at radius 1 is 1.15 bits per heavy atom. The lowest BCUT2D eigenvalue weighted by atomic mass is 10.2. The van der Waals surface area contributed by atoms with E-state index in [0.29, 0.717) is 18.8 Å². The predicted molar refractivity (Wildman–Crippen MR) is 110 cm³/mol. The molecule has 0 heterocycles. The van der Waals surface area contributed by atoms with E-state index in [-0.39, 0.29) is 18.4 Å². The summed E-state index contributed by atoms with van der Waals surface area (Å²) in [5.41, 5.74) is 2.20. The molecule has 2 aromatic rings. The van der Waals surface area contributed by atoms with Crippen LogP contribution in [0.4, 0.5) is 0 Å². The summed E-state index contributed by atoms with van der Waals surface area (Å²) in [7, 11) is 0. The van der Waals surface area contributed by atoms with Crippen molar-refractivity contribution in [3.8, 4) is 0 Å². The maximum Gasteiger partial charge on any atom is 0.242 e. The lowest BCUT2D eigenvalue weighted by Crippen LogP contribution is -2.40. The molecule has 4 nitrogen and oxygen atoms in total. The summed E-state index contributed by atoms with van der Waals surface area (Å²) in [5, 5.41) is 2.72. The molecule has 0 radical (unpaired) electrons. The number of nitrogens with one attached hydrogen (secondary N) is 1. The first-order valence-corrected chi connectivity index (χ1v) is 10.2. The Kier molecular flexibility index (Phi) is 8.19. The zero-order valence-electron chi connectivity index (χ0n) is 15.0. The highest BCUT2D eigenvalue weighted by molar-refractivity contribution is 9.10. The van der Waals surface area contributed by atoms with E-state index in [1.54, 1.807) is 4.90 Å². The summed E-state index contributed by atoms with van der Waals surface area (Å²) in [6.45, 7) is 5.14. The fraction of sp³-hybridized carbons (Fsp3) is 0.300. The molecule has 1 N–H and O–H groups in total. The van der Waals surface area contributed by atoms with Gasteiger partial charge in [0.25, 0.3) is 0 Å². The molecule has 0 unspecified atom stereocenters. The van der Waals surface area contributed by atoms with Gasteiger partial charge in [0.15, 0.2) is 0 Å². The number of hydrogen-bond donors (Lipinski definition) is 1. The average molecular weight is 435 g/mol. The van der Waals surface area contributed by atoms with E-state index in [2.05, 4.69) is 21.2 Å². The van der Waals surface area contributed by atoms with Gasteiger partial charge in [0, 0.05) is 22.5 Å². The van der Waals surface area contributed by atoms with Crippen molar-refractivity contribution in [2.45, 2.75) is 25.3 Å². The molecule has 0 fully saturated rings. The molecule has 0 aliphatic carbocycles. The molecule has 0 saturated carbocycles. The van der Waals surface area contributed by atoms with E-state index in [0.717, 1.165) is 20.5 Å². The quantitative estimate of drug-likeness (QED) is 0.638. The fourth-order valence-corrected chi connectivity index (χ4v) is 3.75. The maximum atomic E-state index is 12.3. The molecular formula is C20H23BrN2O2S.